The molecule has 152 valence electrons. The number of ether oxygens (including phenoxy) is 1. The zero-order chi connectivity index (χ0) is 20.9. The summed E-state index contributed by atoms with van der Waals surface area (Å²) in [6, 6.07) is 0. The average molecular weight is 406 g/mol. The Kier molecular flexibility index (Phi) is 7.29. The van der Waals surface area contributed by atoms with E-state index in [1.54, 1.807) is 13.8 Å². The van der Waals surface area contributed by atoms with Gasteiger partial charge in [-0.3, -0.25) is 9.69 Å². The highest BCUT2D eigenvalue weighted by molar-refractivity contribution is 7.20. The summed E-state index contributed by atoms with van der Waals surface area (Å²) < 4.78 is 5.09. The predicted octanol–water partition coefficient (Wildman–Crippen LogP) is 2.78. The van der Waals surface area contributed by atoms with Crippen LogP contribution in [0.25, 0.3) is 10.2 Å². The normalized spacial score (nSPS) is 13.5. The number of carbonyl (C=O) groups excluding carboxylic acids is 1. The number of esters is 1. The van der Waals surface area contributed by atoms with Crippen LogP contribution >= 0.6 is 11.3 Å². The summed E-state index contributed by atoms with van der Waals surface area (Å²) in [6.07, 6.45) is 3.88. The summed E-state index contributed by atoms with van der Waals surface area (Å²) in [6.45, 7) is 14.2. The van der Waals surface area contributed by atoms with Gasteiger partial charge in [0.2, 0.25) is 0 Å². The molecule has 0 saturated carbocycles. The Balaban J connectivity index is 2.36. The number of aromatic amines is 1. The van der Waals surface area contributed by atoms with Crippen molar-refractivity contribution in [2.75, 3.05) is 19.7 Å². The van der Waals surface area contributed by atoms with Crippen molar-refractivity contribution in [3.8, 4) is 0 Å². The van der Waals surface area contributed by atoms with Gasteiger partial charge in [0.25, 0.3) is 5.56 Å². The van der Waals surface area contributed by atoms with E-state index in [9.17, 15) is 14.7 Å². The summed E-state index contributed by atoms with van der Waals surface area (Å²) in [5, 5.41) is 10.7. The molecule has 2 heterocycles. The third-order valence-electron chi connectivity index (χ3n) is 4.26. The first-order valence-corrected chi connectivity index (χ1v) is 9.92. The molecule has 0 bridgehead atoms. The molecule has 0 aliphatic carbocycles. The van der Waals surface area contributed by atoms with Crippen LogP contribution in [0.4, 0.5) is 0 Å². The van der Waals surface area contributed by atoms with Gasteiger partial charge in [-0.25, -0.2) is 9.78 Å². The lowest BCUT2D eigenvalue weighted by molar-refractivity contribution is 0.0553. The second-order valence-corrected chi connectivity index (χ2v) is 7.91. The van der Waals surface area contributed by atoms with Crippen LogP contribution in [0.1, 0.15) is 41.3 Å². The van der Waals surface area contributed by atoms with Gasteiger partial charge < -0.3 is 14.8 Å². The molecule has 1 atom stereocenters. The van der Waals surface area contributed by atoms with Crippen molar-refractivity contribution in [3.63, 3.8) is 0 Å². The van der Waals surface area contributed by atoms with Crippen LogP contribution < -0.4 is 5.56 Å². The largest absolute Gasteiger partial charge is 0.457 e. The molecule has 0 radical (unpaired) electrons. The topological polar surface area (TPSA) is 95.5 Å². The number of aryl methyl sites for hydroxylation is 1. The second-order valence-electron chi connectivity index (χ2n) is 6.91. The second kappa shape index (κ2) is 9.27. The van der Waals surface area contributed by atoms with Crippen molar-refractivity contribution in [1.29, 1.82) is 0 Å². The van der Waals surface area contributed by atoms with Crippen molar-refractivity contribution >= 4 is 27.5 Å². The molecule has 0 aliphatic heterocycles. The fraction of sp³-hybridized carbons (Fsp3) is 0.450. The Hall–Kier alpha value is -2.29. The van der Waals surface area contributed by atoms with Crippen LogP contribution in [0, 0.1) is 6.92 Å². The van der Waals surface area contributed by atoms with Crippen LogP contribution in [0.5, 0.6) is 0 Å². The molecular weight excluding hydrogens is 378 g/mol. The van der Waals surface area contributed by atoms with Gasteiger partial charge in [-0.1, -0.05) is 25.7 Å². The van der Waals surface area contributed by atoms with Crippen molar-refractivity contribution in [3.05, 3.63) is 51.9 Å². The van der Waals surface area contributed by atoms with Gasteiger partial charge in [-0.2, -0.15) is 0 Å². The fourth-order valence-electron chi connectivity index (χ4n) is 2.92. The minimum Gasteiger partial charge on any atom is -0.457 e. The molecule has 2 aromatic rings. The van der Waals surface area contributed by atoms with E-state index in [0.29, 0.717) is 39.6 Å². The maximum Gasteiger partial charge on any atom is 0.348 e. The number of hydrogen-bond donors (Lipinski definition) is 2. The molecule has 0 saturated heterocycles. The average Bonchev–Trinajstić information content (AvgIpc) is 2.96. The van der Waals surface area contributed by atoms with Gasteiger partial charge in [0.1, 0.15) is 22.1 Å². The Morgan fingerprint density at radius 2 is 2.18 bits per heavy atom. The van der Waals surface area contributed by atoms with E-state index in [1.807, 2.05) is 11.8 Å². The number of carbonyl (C=O) groups is 1. The molecule has 2 rings (SSSR count). The summed E-state index contributed by atoms with van der Waals surface area (Å²) in [7, 11) is 0. The van der Waals surface area contributed by atoms with Crippen LogP contribution in [0.3, 0.4) is 0 Å². The van der Waals surface area contributed by atoms with Gasteiger partial charge >= 0.3 is 5.97 Å². The number of rotatable bonds is 10. The maximum atomic E-state index is 12.6. The van der Waals surface area contributed by atoms with Crippen molar-refractivity contribution in [2.45, 2.75) is 39.3 Å². The number of nitrogens with one attached hydrogen (secondary N) is 1. The standard InChI is InChI=1S/C20H27N3O4S/c1-6-9-23(12-20(5,26)8-3)11-14-21-17(24)15-13(4)16(28-18(15)22-14)19(25)27-10-7-2/h7-8,26H,2-3,6,9-12H2,1,4-5H3,(H,21,22,24). The van der Waals surface area contributed by atoms with E-state index in [1.165, 1.54) is 12.2 Å². The van der Waals surface area contributed by atoms with E-state index < -0.39 is 11.6 Å². The lowest BCUT2D eigenvalue weighted by Gasteiger charge is -2.28. The molecule has 0 spiro atoms. The van der Waals surface area contributed by atoms with E-state index >= 15 is 0 Å². The lowest BCUT2D eigenvalue weighted by atomic mass is 10.1. The van der Waals surface area contributed by atoms with Gasteiger partial charge in [-0.15, -0.1) is 17.9 Å². The minimum absolute atomic E-state index is 0.108. The molecule has 28 heavy (non-hydrogen) atoms. The Bertz CT molecular complexity index is 929. The number of H-pyrrole nitrogens is 1. The fourth-order valence-corrected chi connectivity index (χ4v) is 4.01. The van der Waals surface area contributed by atoms with E-state index in [0.717, 1.165) is 24.3 Å². The van der Waals surface area contributed by atoms with Gasteiger partial charge in [0.05, 0.1) is 17.5 Å². The van der Waals surface area contributed by atoms with Gasteiger partial charge in [-0.05, 0) is 32.4 Å². The Labute approximate surface area is 168 Å². The molecule has 7 nitrogen and oxygen atoms in total. The van der Waals surface area contributed by atoms with Crippen LogP contribution in [-0.4, -0.2) is 51.2 Å². The zero-order valence-electron chi connectivity index (χ0n) is 16.6. The number of aromatic nitrogens is 2. The van der Waals surface area contributed by atoms with E-state index in [4.69, 9.17) is 4.74 Å². The number of hydrogen-bond acceptors (Lipinski definition) is 7. The number of aliphatic hydroxyl groups is 1. The third-order valence-corrected chi connectivity index (χ3v) is 5.43. The first-order chi connectivity index (χ1) is 13.2. The van der Waals surface area contributed by atoms with Crippen LogP contribution in [0.15, 0.2) is 30.1 Å². The summed E-state index contributed by atoms with van der Waals surface area (Å²) in [5.41, 5.74) is -0.765. The van der Waals surface area contributed by atoms with Gasteiger partial charge in [0.15, 0.2) is 0 Å². The molecule has 1 unspecified atom stereocenters. The monoisotopic (exact) mass is 405 g/mol. The maximum absolute atomic E-state index is 12.6. The highest BCUT2D eigenvalue weighted by atomic mass is 32.1. The molecule has 0 aromatic carbocycles. The van der Waals surface area contributed by atoms with Crippen molar-refractivity contribution in [2.24, 2.45) is 0 Å². The number of thiophene rings is 1. The predicted molar refractivity (Wildman–Crippen MR) is 112 cm³/mol. The first-order valence-electron chi connectivity index (χ1n) is 9.11. The molecule has 2 aromatic heterocycles. The number of fused-ring (bicyclic) bond motifs is 1. The van der Waals surface area contributed by atoms with Crippen LogP contribution in [0.2, 0.25) is 0 Å². The van der Waals surface area contributed by atoms with Crippen molar-refractivity contribution < 1.29 is 14.6 Å². The molecule has 0 fully saturated rings. The third kappa shape index (κ3) is 5.15. The Morgan fingerprint density at radius 1 is 1.46 bits per heavy atom. The summed E-state index contributed by atoms with van der Waals surface area (Å²) in [5.74, 6) is -0.00550. The SMILES string of the molecule is C=CCOC(=O)c1sc2nc(CN(CCC)CC(C)(O)C=C)[nH]c(=O)c2c1C. The van der Waals surface area contributed by atoms with Crippen LogP contribution in [-0.2, 0) is 11.3 Å². The minimum atomic E-state index is -1.04. The van der Waals surface area contributed by atoms with E-state index in [2.05, 4.69) is 23.1 Å². The quantitative estimate of drug-likeness (QED) is 0.466. The first kappa shape index (κ1) is 22.0. The van der Waals surface area contributed by atoms with E-state index in [-0.39, 0.29) is 12.2 Å². The molecular formula is C20H27N3O4S. The molecule has 0 amide bonds. The smallest absolute Gasteiger partial charge is 0.348 e. The summed E-state index contributed by atoms with van der Waals surface area (Å²) in [4.78, 5) is 35.0. The molecule has 8 heteroatoms. The van der Waals surface area contributed by atoms with Gasteiger partial charge in [0, 0.05) is 6.54 Å². The molecule has 0 aliphatic rings. The highest BCUT2D eigenvalue weighted by Gasteiger charge is 2.23. The Morgan fingerprint density at radius 3 is 2.79 bits per heavy atom. The van der Waals surface area contributed by atoms with Crippen molar-refractivity contribution in [1.82, 2.24) is 14.9 Å². The molecule has 2 N–H and O–H groups in total. The number of nitrogens with zero attached hydrogens (tertiary/aromatic N) is 2. The highest BCUT2D eigenvalue weighted by Crippen LogP contribution is 2.27. The zero-order valence-corrected chi connectivity index (χ0v) is 17.4. The summed E-state index contributed by atoms with van der Waals surface area (Å²) >= 11 is 1.14. The lowest BCUT2D eigenvalue weighted by Crippen LogP contribution is -2.40.